The van der Waals surface area contributed by atoms with Crippen LogP contribution in [0.15, 0.2) is 24.3 Å². The lowest BCUT2D eigenvalue weighted by Gasteiger charge is -2.09. The molecule has 0 amide bonds. The molecule has 15 heavy (non-hydrogen) atoms. The maximum Gasteiger partial charge on any atom is 0.328 e. The van der Waals surface area contributed by atoms with Crippen LogP contribution in [0.25, 0.3) is 0 Å². The van der Waals surface area contributed by atoms with Crippen LogP contribution < -0.4 is 15.8 Å². The Labute approximate surface area is 88.4 Å². The van der Waals surface area contributed by atoms with Gasteiger partial charge < -0.3 is 15.8 Å². The average molecular weight is 206 g/mol. The molecular formula is C11H14N2O2. The molecule has 1 atom stereocenters. The van der Waals surface area contributed by atoms with Crippen molar-refractivity contribution in [3.8, 4) is 5.75 Å². The van der Waals surface area contributed by atoms with Crippen molar-refractivity contribution >= 4 is 11.7 Å². The normalized spacial score (nSPS) is 20.1. The zero-order valence-corrected chi connectivity index (χ0v) is 8.40. The van der Waals surface area contributed by atoms with Crippen LogP contribution >= 0.6 is 0 Å². The van der Waals surface area contributed by atoms with Crippen molar-refractivity contribution in [2.45, 2.75) is 18.9 Å². The van der Waals surface area contributed by atoms with Gasteiger partial charge in [0.1, 0.15) is 11.8 Å². The Morgan fingerprint density at radius 3 is 2.73 bits per heavy atom. The van der Waals surface area contributed by atoms with Crippen molar-refractivity contribution in [1.82, 2.24) is 5.32 Å². The lowest BCUT2D eigenvalue weighted by Crippen LogP contribution is -2.34. The van der Waals surface area contributed by atoms with E-state index < -0.39 is 0 Å². The zero-order valence-electron chi connectivity index (χ0n) is 8.40. The average Bonchev–Trinajstić information content (AvgIpc) is 2.74. The number of nitrogens with two attached hydrogens (primary N) is 1. The topological polar surface area (TPSA) is 64.3 Å². The number of nitrogen functional groups attached to an aromatic ring is 1. The van der Waals surface area contributed by atoms with E-state index >= 15 is 0 Å². The summed E-state index contributed by atoms with van der Waals surface area (Å²) in [6, 6.07) is 6.67. The van der Waals surface area contributed by atoms with Gasteiger partial charge in [0.05, 0.1) is 0 Å². The van der Waals surface area contributed by atoms with Gasteiger partial charge in [-0.15, -0.1) is 0 Å². The number of benzene rings is 1. The van der Waals surface area contributed by atoms with Crippen LogP contribution in [0.2, 0.25) is 0 Å². The van der Waals surface area contributed by atoms with E-state index in [2.05, 4.69) is 5.32 Å². The Morgan fingerprint density at radius 1 is 1.40 bits per heavy atom. The summed E-state index contributed by atoms with van der Waals surface area (Å²) in [6.45, 7) is 0.890. The second-order valence-electron chi connectivity index (χ2n) is 3.64. The number of anilines is 1. The Kier molecular flexibility index (Phi) is 2.87. The van der Waals surface area contributed by atoms with Crippen molar-refractivity contribution < 1.29 is 9.53 Å². The summed E-state index contributed by atoms with van der Waals surface area (Å²) in [5, 5.41) is 3.09. The Balaban J connectivity index is 1.96. The highest BCUT2D eigenvalue weighted by molar-refractivity contribution is 5.78. The fraction of sp³-hybridized carbons (Fsp3) is 0.364. The Hall–Kier alpha value is -1.55. The van der Waals surface area contributed by atoms with Crippen LogP contribution in [-0.2, 0) is 4.79 Å². The summed E-state index contributed by atoms with van der Waals surface area (Å²) in [4.78, 5) is 11.6. The standard InChI is InChI=1S/C11H14N2O2/c12-8-3-5-9(6-4-8)15-11(14)10-2-1-7-13-10/h3-6,10,13H,1-2,7,12H2/t10-/m0/s1. The first-order valence-corrected chi connectivity index (χ1v) is 5.06. The van der Waals surface area contributed by atoms with Gasteiger partial charge in [0.15, 0.2) is 0 Å². The van der Waals surface area contributed by atoms with E-state index in [1.54, 1.807) is 24.3 Å². The minimum atomic E-state index is -0.211. The number of ether oxygens (including phenoxy) is 1. The van der Waals surface area contributed by atoms with Crippen molar-refractivity contribution in [3.63, 3.8) is 0 Å². The van der Waals surface area contributed by atoms with Gasteiger partial charge in [0, 0.05) is 5.69 Å². The molecule has 1 aliphatic heterocycles. The fourth-order valence-electron chi connectivity index (χ4n) is 1.61. The third kappa shape index (κ3) is 2.47. The summed E-state index contributed by atoms with van der Waals surface area (Å²) in [5.41, 5.74) is 6.19. The van der Waals surface area contributed by atoms with Gasteiger partial charge in [-0.25, -0.2) is 4.79 Å². The molecule has 80 valence electrons. The Morgan fingerprint density at radius 2 is 2.13 bits per heavy atom. The van der Waals surface area contributed by atoms with Crippen molar-refractivity contribution in [2.75, 3.05) is 12.3 Å². The predicted octanol–water partition coefficient (Wildman–Crippen LogP) is 0.926. The number of hydrogen-bond acceptors (Lipinski definition) is 4. The van der Waals surface area contributed by atoms with Gasteiger partial charge in [0.25, 0.3) is 0 Å². The first-order valence-electron chi connectivity index (χ1n) is 5.06. The lowest BCUT2D eigenvalue weighted by atomic mass is 10.2. The van der Waals surface area contributed by atoms with Crippen LogP contribution in [-0.4, -0.2) is 18.6 Å². The quantitative estimate of drug-likeness (QED) is 0.429. The van der Waals surface area contributed by atoms with Gasteiger partial charge in [-0.3, -0.25) is 0 Å². The van der Waals surface area contributed by atoms with E-state index in [9.17, 15) is 4.79 Å². The fourth-order valence-corrected chi connectivity index (χ4v) is 1.61. The number of carbonyl (C=O) groups is 1. The molecule has 0 bridgehead atoms. The second-order valence-corrected chi connectivity index (χ2v) is 3.64. The molecule has 3 N–H and O–H groups in total. The number of rotatable bonds is 2. The second kappa shape index (κ2) is 4.31. The molecule has 1 aliphatic rings. The van der Waals surface area contributed by atoms with Crippen molar-refractivity contribution in [3.05, 3.63) is 24.3 Å². The van der Waals surface area contributed by atoms with Crippen molar-refractivity contribution in [1.29, 1.82) is 0 Å². The molecule has 2 rings (SSSR count). The number of nitrogens with one attached hydrogen (secondary N) is 1. The minimum absolute atomic E-state index is 0.150. The maximum absolute atomic E-state index is 11.6. The number of carbonyl (C=O) groups excluding carboxylic acids is 1. The number of hydrogen-bond donors (Lipinski definition) is 2. The van der Waals surface area contributed by atoms with Crippen LogP contribution in [0.5, 0.6) is 5.75 Å². The summed E-state index contributed by atoms with van der Waals surface area (Å²) < 4.78 is 5.20. The molecule has 0 aromatic heterocycles. The molecular weight excluding hydrogens is 192 g/mol. The van der Waals surface area contributed by atoms with Gasteiger partial charge in [-0.05, 0) is 43.7 Å². The molecule has 1 aromatic carbocycles. The van der Waals surface area contributed by atoms with Gasteiger partial charge in [-0.1, -0.05) is 0 Å². The predicted molar refractivity (Wildman–Crippen MR) is 57.5 cm³/mol. The van der Waals surface area contributed by atoms with Gasteiger partial charge in [0.2, 0.25) is 0 Å². The maximum atomic E-state index is 11.6. The molecule has 1 aromatic rings. The minimum Gasteiger partial charge on any atom is -0.425 e. The molecule has 0 aliphatic carbocycles. The molecule has 1 saturated heterocycles. The molecule has 0 unspecified atom stereocenters. The molecule has 0 radical (unpaired) electrons. The molecule has 0 saturated carbocycles. The smallest absolute Gasteiger partial charge is 0.328 e. The third-order valence-corrected chi connectivity index (χ3v) is 2.44. The van der Waals surface area contributed by atoms with E-state index in [1.165, 1.54) is 0 Å². The first kappa shape index (κ1) is 9.98. The molecule has 4 nitrogen and oxygen atoms in total. The van der Waals surface area contributed by atoms with Crippen LogP contribution in [0, 0.1) is 0 Å². The van der Waals surface area contributed by atoms with E-state index in [4.69, 9.17) is 10.5 Å². The SMILES string of the molecule is Nc1ccc(OC(=O)[C@@H]2CCCN2)cc1. The molecule has 0 spiro atoms. The van der Waals surface area contributed by atoms with Crippen LogP contribution in [0.4, 0.5) is 5.69 Å². The summed E-state index contributed by atoms with van der Waals surface area (Å²) in [7, 11) is 0. The molecule has 1 fully saturated rings. The lowest BCUT2D eigenvalue weighted by molar-refractivity contribution is -0.136. The summed E-state index contributed by atoms with van der Waals surface area (Å²) in [6.07, 6.45) is 1.88. The van der Waals surface area contributed by atoms with Crippen LogP contribution in [0.3, 0.4) is 0 Å². The highest BCUT2D eigenvalue weighted by atomic mass is 16.5. The zero-order chi connectivity index (χ0) is 10.7. The largest absolute Gasteiger partial charge is 0.425 e. The van der Waals surface area contributed by atoms with Crippen molar-refractivity contribution in [2.24, 2.45) is 0 Å². The van der Waals surface area contributed by atoms with Crippen LogP contribution in [0.1, 0.15) is 12.8 Å². The van der Waals surface area contributed by atoms with E-state index in [0.29, 0.717) is 11.4 Å². The highest BCUT2D eigenvalue weighted by Crippen LogP contribution is 2.15. The Bertz CT molecular complexity index is 342. The van der Waals surface area contributed by atoms with Gasteiger partial charge >= 0.3 is 5.97 Å². The summed E-state index contributed by atoms with van der Waals surface area (Å²) in [5.74, 6) is 0.333. The first-order chi connectivity index (χ1) is 7.25. The highest BCUT2D eigenvalue weighted by Gasteiger charge is 2.23. The summed E-state index contributed by atoms with van der Waals surface area (Å²) >= 11 is 0. The third-order valence-electron chi connectivity index (χ3n) is 2.44. The monoisotopic (exact) mass is 206 g/mol. The van der Waals surface area contributed by atoms with E-state index in [1.807, 2.05) is 0 Å². The van der Waals surface area contributed by atoms with E-state index in [0.717, 1.165) is 19.4 Å². The number of esters is 1. The molecule has 1 heterocycles. The van der Waals surface area contributed by atoms with E-state index in [-0.39, 0.29) is 12.0 Å². The molecule has 4 heteroatoms. The van der Waals surface area contributed by atoms with Gasteiger partial charge in [-0.2, -0.15) is 0 Å².